The average Bonchev–Trinajstić information content (AvgIpc) is 2.99. The van der Waals surface area contributed by atoms with Crippen LogP contribution < -0.4 is 10.2 Å². The molecule has 2 N–H and O–H groups in total. The zero-order valence-electron chi connectivity index (χ0n) is 12.9. The van der Waals surface area contributed by atoms with Gasteiger partial charge >= 0.3 is 6.03 Å². The Kier molecular flexibility index (Phi) is 5.44. The van der Waals surface area contributed by atoms with Gasteiger partial charge in [-0.15, -0.1) is 0 Å². The number of aliphatic hydroxyl groups excluding tert-OH is 1. The molecule has 1 aliphatic heterocycles. The first-order valence-electron chi connectivity index (χ1n) is 7.61. The van der Waals surface area contributed by atoms with Gasteiger partial charge in [0.15, 0.2) is 0 Å². The molecule has 1 aliphatic rings. The third-order valence-corrected chi connectivity index (χ3v) is 3.80. The Morgan fingerprint density at radius 2 is 2.14 bits per heavy atom. The molecule has 0 spiro atoms. The number of anilines is 2. The van der Waals surface area contributed by atoms with Gasteiger partial charge in [0.25, 0.3) is 0 Å². The lowest BCUT2D eigenvalue weighted by Crippen LogP contribution is -2.33. The third-order valence-electron chi connectivity index (χ3n) is 3.80. The maximum atomic E-state index is 12.1. The fourth-order valence-electron chi connectivity index (χ4n) is 2.46. The second kappa shape index (κ2) is 7.31. The minimum absolute atomic E-state index is 0.144. The summed E-state index contributed by atoms with van der Waals surface area (Å²) in [5.41, 5.74) is 1.98. The van der Waals surface area contributed by atoms with Crippen LogP contribution in [0.25, 0.3) is 0 Å². The maximum Gasteiger partial charge on any atom is 0.321 e. The van der Waals surface area contributed by atoms with Crippen LogP contribution >= 0.6 is 0 Å². The van der Waals surface area contributed by atoms with E-state index in [4.69, 9.17) is 0 Å². The number of amides is 2. The smallest absolute Gasteiger partial charge is 0.321 e. The molecule has 116 valence electrons. The van der Waals surface area contributed by atoms with Gasteiger partial charge in [0.2, 0.25) is 0 Å². The lowest BCUT2D eigenvalue weighted by molar-refractivity contribution is 0.167. The molecule has 1 atom stereocenters. The number of nitrogens with zero attached hydrogens (tertiary/aromatic N) is 2. The Bertz CT molecular complexity index is 470. The summed E-state index contributed by atoms with van der Waals surface area (Å²) >= 11 is 0. The third kappa shape index (κ3) is 4.63. The van der Waals surface area contributed by atoms with Crippen molar-refractivity contribution in [1.29, 1.82) is 0 Å². The summed E-state index contributed by atoms with van der Waals surface area (Å²) in [5.74, 6) is 0. The predicted octanol–water partition coefficient (Wildman–Crippen LogP) is 2.52. The second-order valence-electron chi connectivity index (χ2n) is 5.73. The Morgan fingerprint density at radius 3 is 2.81 bits per heavy atom. The predicted molar refractivity (Wildman–Crippen MR) is 85.8 cm³/mol. The average molecular weight is 291 g/mol. The number of carbonyl (C=O) groups is 1. The molecule has 0 bridgehead atoms. The summed E-state index contributed by atoms with van der Waals surface area (Å²) in [6.45, 7) is 4.44. The zero-order chi connectivity index (χ0) is 15.2. The van der Waals surface area contributed by atoms with Crippen LogP contribution in [-0.4, -0.2) is 48.8 Å². The highest BCUT2D eigenvalue weighted by molar-refractivity contribution is 5.89. The normalized spacial score (nSPS) is 15.9. The number of nitrogens with one attached hydrogen (secondary N) is 1. The van der Waals surface area contributed by atoms with Crippen molar-refractivity contribution in [2.45, 2.75) is 32.3 Å². The van der Waals surface area contributed by atoms with Crippen LogP contribution in [0, 0.1) is 0 Å². The highest BCUT2D eigenvalue weighted by atomic mass is 16.3. The van der Waals surface area contributed by atoms with E-state index in [9.17, 15) is 9.90 Å². The quantitative estimate of drug-likeness (QED) is 0.876. The van der Waals surface area contributed by atoms with Crippen molar-refractivity contribution in [3.8, 4) is 0 Å². The molecule has 1 aromatic rings. The molecule has 5 heteroatoms. The lowest BCUT2D eigenvalue weighted by atomic mass is 10.2. The van der Waals surface area contributed by atoms with Crippen molar-refractivity contribution in [2.24, 2.45) is 0 Å². The van der Waals surface area contributed by atoms with Crippen LogP contribution in [0.2, 0.25) is 0 Å². The first-order chi connectivity index (χ1) is 10.1. The number of carbonyl (C=O) groups excluding carboxylic acids is 1. The van der Waals surface area contributed by atoms with Crippen LogP contribution in [0.1, 0.15) is 26.2 Å². The van der Waals surface area contributed by atoms with E-state index >= 15 is 0 Å². The van der Waals surface area contributed by atoms with E-state index in [0.29, 0.717) is 13.0 Å². The Labute approximate surface area is 126 Å². The summed E-state index contributed by atoms with van der Waals surface area (Å²) in [6.07, 6.45) is 2.66. The molecular formula is C16H25N3O2. The van der Waals surface area contributed by atoms with Crippen LogP contribution in [0.3, 0.4) is 0 Å². The molecule has 0 unspecified atom stereocenters. The van der Waals surface area contributed by atoms with Gasteiger partial charge in [-0.2, -0.15) is 0 Å². The molecule has 2 rings (SSSR count). The van der Waals surface area contributed by atoms with Crippen LogP contribution in [-0.2, 0) is 0 Å². The molecule has 1 aromatic carbocycles. The largest absolute Gasteiger partial charge is 0.393 e. The Morgan fingerprint density at radius 1 is 1.43 bits per heavy atom. The lowest BCUT2D eigenvalue weighted by Gasteiger charge is -2.21. The highest BCUT2D eigenvalue weighted by Crippen LogP contribution is 2.23. The molecule has 1 saturated heterocycles. The van der Waals surface area contributed by atoms with Crippen molar-refractivity contribution in [3.05, 3.63) is 24.3 Å². The van der Waals surface area contributed by atoms with E-state index in [1.165, 1.54) is 12.8 Å². The number of hydrogen-bond donors (Lipinski definition) is 2. The van der Waals surface area contributed by atoms with E-state index in [2.05, 4.69) is 16.3 Å². The van der Waals surface area contributed by atoms with Gasteiger partial charge in [0, 0.05) is 38.1 Å². The molecule has 0 radical (unpaired) electrons. The summed E-state index contributed by atoms with van der Waals surface area (Å²) < 4.78 is 0. The molecular weight excluding hydrogens is 266 g/mol. The molecule has 1 fully saturated rings. The topological polar surface area (TPSA) is 55.8 Å². The summed E-state index contributed by atoms with van der Waals surface area (Å²) in [7, 11) is 1.74. The van der Waals surface area contributed by atoms with Gasteiger partial charge in [0.1, 0.15) is 0 Å². The summed E-state index contributed by atoms with van der Waals surface area (Å²) in [4.78, 5) is 16.0. The van der Waals surface area contributed by atoms with Crippen molar-refractivity contribution in [3.63, 3.8) is 0 Å². The minimum Gasteiger partial charge on any atom is -0.393 e. The number of benzene rings is 1. The first-order valence-corrected chi connectivity index (χ1v) is 7.61. The highest BCUT2D eigenvalue weighted by Gasteiger charge is 2.14. The minimum atomic E-state index is -0.390. The number of rotatable bonds is 5. The van der Waals surface area contributed by atoms with Crippen molar-refractivity contribution >= 4 is 17.4 Å². The molecule has 0 aliphatic carbocycles. The molecule has 21 heavy (non-hydrogen) atoms. The van der Waals surface area contributed by atoms with Crippen LogP contribution in [0.4, 0.5) is 16.2 Å². The van der Waals surface area contributed by atoms with Gasteiger partial charge < -0.3 is 20.2 Å². The van der Waals surface area contributed by atoms with Crippen molar-refractivity contribution in [2.75, 3.05) is 36.9 Å². The van der Waals surface area contributed by atoms with Gasteiger partial charge in [-0.1, -0.05) is 6.07 Å². The van der Waals surface area contributed by atoms with Gasteiger partial charge in [-0.25, -0.2) is 4.79 Å². The van der Waals surface area contributed by atoms with Crippen LogP contribution in [0.5, 0.6) is 0 Å². The number of urea groups is 1. The molecule has 0 aromatic heterocycles. The summed E-state index contributed by atoms with van der Waals surface area (Å²) in [5, 5.41) is 12.2. The number of hydrogen-bond acceptors (Lipinski definition) is 3. The SMILES string of the molecule is C[C@@H](O)CCN(C)C(=O)Nc1cccc(N2CCCC2)c1. The van der Waals surface area contributed by atoms with E-state index in [0.717, 1.165) is 24.5 Å². The Balaban J connectivity index is 1.92. The fourth-order valence-corrected chi connectivity index (χ4v) is 2.46. The van der Waals surface area contributed by atoms with Crippen LogP contribution in [0.15, 0.2) is 24.3 Å². The molecule has 0 saturated carbocycles. The number of aliphatic hydroxyl groups is 1. The van der Waals surface area contributed by atoms with E-state index in [1.54, 1.807) is 18.9 Å². The first kappa shape index (κ1) is 15.6. The van der Waals surface area contributed by atoms with Gasteiger partial charge in [0.05, 0.1) is 6.10 Å². The molecule has 2 amide bonds. The van der Waals surface area contributed by atoms with Gasteiger partial charge in [-0.05, 0) is 44.4 Å². The Hall–Kier alpha value is -1.75. The van der Waals surface area contributed by atoms with Gasteiger partial charge in [-0.3, -0.25) is 0 Å². The fraction of sp³-hybridized carbons (Fsp3) is 0.562. The molecule has 1 heterocycles. The standard InChI is InChI=1S/C16H25N3O2/c1-13(20)8-11-18(2)16(21)17-14-6-5-7-15(12-14)19-9-3-4-10-19/h5-7,12-13,20H,3-4,8-11H2,1-2H3,(H,17,21)/t13-/m1/s1. The summed E-state index contributed by atoms with van der Waals surface area (Å²) in [6, 6.07) is 7.83. The van der Waals surface area contributed by atoms with Crippen molar-refractivity contribution in [1.82, 2.24) is 4.90 Å². The van der Waals surface area contributed by atoms with E-state index in [-0.39, 0.29) is 6.03 Å². The second-order valence-corrected chi connectivity index (χ2v) is 5.73. The molecule has 5 nitrogen and oxygen atoms in total. The van der Waals surface area contributed by atoms with Crippen molar-refractivity contribution < 1.29 is 9.90 Å². The van der Waals surface area contributed by atoms with E-state index < -0.39 is 6.10 Å². The van der Waals surface area contributed by atoms with E-state index in [1.807, 2.05) is 18.2 Å². The monoisotopic (exact) mass is 291 g/mol. The zero-order valence-corrected chi connectivity index (χ0v) is 12.9. The maximum absolute atomic E-state index is 12.1.